The first kappa shape index (κ1) is 38.1. The molecule has 0 spiro atoms. The summed E-state index contributed by atoms with van der Waals surface area (Å²) in [5, 5.41) is 15.8. The van der Waals surface area contributed by atoms with Gasteiger partial charge in [-0.2, -0.15) is 5.10 Å². The Labute approximate surface area is 323 Å². The number of hydrogen-bond acceptors (Lipinski definition) is 10. The number of halogens is 1. The standard InChI is InChI=1S/C39H45ClN8O3S2/c1-22-24(3)52-38-34(22)35(27-16-18-28(40)19-17-27)44-31(36-47-46-26(5)48(36)38)21-33(50)41-20-12-8-6-7-9-15-32(49)43-30-14-11-10-13-29(30)37(51)45-39-42-23(2)25(4)53-39/h10-11,13-14,16-19,26,31,46H,6-9,12,15,20-21H2,1-5H3,(H,41,50)(H,43,49)(H,42,45,51)/t26?,31-/m0/s1. The molecule has 1 unspecified atom stereocenters. The van der Waals surface area contributed by atoms with Gasteiger partial charge in [0, 0.05) is 38.9 Å². The van der Waals surface area contributed by atoms with Crippen LogP contribution >= 0.6 is 34.3 Å². The topological polar surface area (TPSA) is 140 Å². The molecule has 0 saturated carbocycles. The van der Waals surface area contributed by atoms with E-state index in [0.29, 0.717) is 34.4 Å². The SMILES string of the molecule is Cc1nc(NC(=O)c2ccccc2NC(=O)CCCCCCCNC(=O)C[C@@H]2N=C(c3ccc(Cl)cc3)c3c(sc(C)c3C)N3C2=NNC3C)sc1C. The number of aromatic nitrogens is 1. The highest BCUT2D eigenvalue weighted by Gasteiger charge is 2.39. The largest absolute Gasteiger partial charge is 0.356 e. The van der Waals surface area contributed by atoms with E-state index >= 15 is 0 Å². The summed E-state index contributed by atoms with van der Waals surface area (Å²) in [6.45, 7) is 10.7. The molecule has 0 bridgehead atoms. The number of thiazole rings is 1. The van der Waals surface area contributed by atoms with Crippen LogP contribution in [0.5, 0.6) is 0 Å². The van der Waals surface area contributed by atoms with Gasteiger partial charge in [-0.05, 0) is 77.3 Å². The minimum atomic E-state index is -0.462. The van der Waals surface area contributed by atoms with Gasteiger partial charge in [-0.25, -0.2) is 4.98 Å². The van der Waals surface area contributed by atoms with E-state index in [2.05, 4.69) is 57.1 Å². The van der Waals surface area contributed by atoms with E-state index in [-0.39, 0.29) is 30.3 Å². The number of nitrogens with zero attached hydrogens (tertiary/aromatic N) is 4. The molecular formula is C39H45ClN8O3S2. The number of amides is 3. The lowest BCUT2D eigenvalue weighted by atomic mass is 9.99. The molecule has 2 aliphatic rings. The molecule has 2 aliphatic heterocycles. The van der Waals surface area contributed by atoms with Crippen molar-refractivity contribution in [2.24, 2.45) is 10.1 Å². The van der Waals surface area contributed by atoms with Crippen molar-refractivity contribution in [1.82, 2.24) is 15.7 Å². The van der Waals surface area contributed by atoms with E-state index in [1.165, 1.54) is 21.8 Å². The molecule has 2 aromatic carbocycles. The van der Waals surface area contributed by atoms with Crippen molar-refractivity contribution in [3.05, 3.63) is 91.3 Å². The van der Waals surface area contributed by atoms with E-state index in [9.17, 15) is 14.4 Å². The molecule has 4 heterocycles. The minimum Gasteiger partial charge on any atom is -0.356 e. The van der Waals surface area contributed by atoms with Crippen molar-refractivity contribution in [2.75, 3.05) is 22.1 Å². The number of amidine groups is 1. The maximum atomic E-state index is 13.3. The Morgan fingerprint density at radius 2 is 1.62 bits per heavy atom. The van der Waals surface area contributed by atoms with Gasteiger partial charge in [0.15, 0.2) is 11.0 Å². The molecule has 14 heteroatoms. The maximum absolute atomic E-state index is 13.3. The molecule has 0 fully saturated rings. The fourth-order valence-electron chi connectivity index (χ4n) is 6.39. The Hall–Kier alpha value is -4.59. The first-order valence-corrected chi connectivity index (χ1v) is 20.0. The normalized spacial score (nSPS) is 16.2. The number of rotatable bonds is 14. The third kappa shape index (κ3) is 8.97. The summed E-state index contributed by atoms with van der Waals surface area (Å²) in [4.78, 5) is 53.0. The van der Waals surface area contributed by atoms with E-state index < -0.39 is 6.04 Å². The lowest BCUT2D eigenvalue weighted by molar-refractivity contribution is -0.121. The number of anilines is 3. The summed E-state index contributed by atoms with van der Waals surface area (Å²) < 4.78 is 0. The molecule has 0 aliphatic carbocycles. The maximum Gasteiger partial charge on any atom is 0.259 e. The van der Waals surface area contributed by atoms with Gasteiger partial charge < -0.3 is 10.6 Å². The highest BCUT2D eigenvalue weighted by molar-refractivity contribution is 7.17. The number of aryl methyl sites for hydroxylation is 3. The second-order valence-corrected chi connectivity index (χ2v) is 16.2. The Bertz CT molecular complexity index is 2040. The molecular weight excluding hydrogens is 728 g/mol. The fraction of sp³-hybridized carbons (Fsp3) is 0.385. The number of aliphatic imine (C=N–C) groups is 1. The minimum absolute atomic E-state index is 0.0666. The average molecular weight is 773 g/mol. The summed E-state index contributed by atoms with van der Waals surface area (Å²) in [7, 11) is 0. The van der Waals surface area contributed by atoms with Gasteiger partial charge in [-0.3, -0.25) is 35.0 Å². The Kier molecular flexibility index (Phi) is 12.3. The summed E-state index contributed by atoms with van der Waals surface area (Å²) >= 11 is 9.37. The molecule has 53 heavy (non-hydrogen) atoms. The molecule has 0 saturated heterocycles. The number of carbonyl (C=O) groups excluding carboxylic acids is 3. The van der Waals surface area contributed by atoms with Crippen LogP contribution in [0.25, 0.3) is 0 Å². The third-order valence-electron chi connectivity index (χ3n) is 9.50. The number of hydrazone groups is 1. The van der Waals surface area contributed by atoms with Crippen molar-refractivity contribution >= 4 is 79.4 Å². The van der Waals surface area contributed by atoms with Gasteiger partial charge in [0.25, 0.3) is 5.91 Å². The first-order chi connectivity index (χ1) is 25.5. The number of carbonyl (C=O) groups is 3. The molecule has 2 aromatic heterocycles. The Morgan fingerprint density at radius 1 is 0.887 bits per heavy atom. The predicted octanol–water partition coefficient (Wildman–Crippen LogP) is 8.12. The van der Waals surface area contributed by atoms with Gasteiger partial charge in [-0.15, -0.1) is 22.7 Å². The summed E-state index contributed by atoms with van der Waals surface area (Å²) in [5.74, 6) is 0.233. The smallest absolute Gasteiger partial charge is 0.259 e. The number of thiophene rings is 1. The van der Waals surface area contributed by atoms with Gasteiger partial charge in [0.1, 0.15) is 17.2 Å². The molecule has 2 atom stereocenters. The van der Waals surface area contributed by atoms with E-state index in [4.69, 9.17) is 16.6 Å². The zero-order valence-corrected chi connectivity index (χ0v) is 33.0. The number of benzene rings is 2. The third-order valence-corrected chi connectivity index (χ3v) is 11.9. The lowest BCUT2D eigenvalue weighted by Gasteiger charge is -2.24. The number of nitrogens with one attached hydrogen (secondary N) is 4. The molecule has 4 aromatic rings. The van der Waals surface area contributed by atoms with Crippen molar-refractivity contribution in [1.29, 1.82) is 0 Å². The van der Waals surface area contributed by atoms with Gasteiger partial charge >= 0.3 is 0 Å². The number of para-hydroxylation sites is 1. The average Bonchev–Trinajstić information content (AvgIpc) is 3.73. The molecule has 4 N–H and O–H groups in total. The van der Waals surface area contributed by atoms with E-state index in [0.717, 1.165) is 70.4 Å². The van der Waals surface area contributed by atoms with Crippen molar-refractivity contribution in [3.63, 3.8) is 0 Å². The predicted molar refractivity (Wildman–Crippen MR) is 217 cm³/mol. The zero-order chi connectivity index (χ0) is 37.6. The second-order valence-electron chi connectivity index (χ2n) is 13.4. The van der Waals surface area contributed by atoms with Crippen LogP contribution in [-0.2, 0) is 9.59 Å². The Balaban J connectivity index is 0.956. The van der Waals surface area contributed by atoms with Crippen molar-refractivity contribution in [3.8, 4) is 0 Å². The summed E-state index contributed by atoms with van der Waals surface area (Å²) in [6.07, 6.45) is 4.81. The van der Waals surface area contributed by atoms with Crippen LogP contribution in [0.4, 0.5) is 15.8 Å². The highest BCUT2D eigenvalue weighted by Crippen LogP contribution is 2.41. The van der Waals surface area contributed by atoms with E-state index in [1.54, 1.807) is 35.6 Å². The van der Waals surface area contributed by atoms with Gasteiger partial charge in [0.2, 0.25) is 11.8 Å². The van der Waals surface area contributed by atoms with Crippen LogP contribution in [0.2, 0.25) is 5.02 Å². The van der Waals surface area contributed by atoms with Crippen LogP contribution in [0.3, 0.4) is 0 Å². The first-order valence-electron chi connectivity index (χ1n) is 18.0. The molecule has 278 valence electrons. The summed E-state index contributed by atoms with van der Waals surface area (Å²) in [6, 6.07) is 14.2. The number of unbranched alkanes of at least 4 members (excludes halogenated alkanes) is 4. The van der Waals surface area contributed by atoms with Gasteiger partial charge in [-0.1, -0.05) is 55.1 Å². The summed E-state index contributed by atoms with van der Waals surface area (Å²) in [5.41, 5.74) is 8.99. The number of fused-ring (bicyclic) bond motifs is 3. The van der Waals surface area contributed by atoms with Crippen molar-refractivity contribution in [2.45, 2.75) is 91.8 Å². The Morgan fingerprint density at radius 3 is 2.38 bits per heavy atom. The van der Waals surface area contributed by atoms with Crippen LogP contribution < -0.4 is 26.3 Å². The quantitative estimate of drug-likeness (QED) is 0.0955. The lowest BCUT2D eigenvalue weighted by Crippen LogP contribution is -2.42. The molecule has 3 amide bonds. The van der Waals surface area contributed by atoms with Gasteiger partial charge in [0.05, 0.1) is 29.1 Å². The molecule has 6 rings (SSSR count). The second kappa shape index (κ2) is 17.0. The molecule has 0 radical (unpaired) electrons. The fourth-order valence-corrected chi connectivity index (χ4v) is 8.58. The highest BCUT2D eigenvalue weighted by atomic mass is 35.5. The van der Waals surface area contributed by atoms with Crippen LogP contribution in [-0.4, -0.2) is 53.0 Å². The van der Waals surface area contributed by atoms with Crippen LogP contribution in [0.1, 0.15) is 94.4 Å². The number of hydrogen-bond donors (Lipinski definition) is 4. The van der Waals surface area contributed by atoms with Crippen LogP contribution in [0.15, 0.2) is 58.6 Å². The van der Waals surface area contributed by atoms with E-state index in [1.807, 2.05) is 38.1 Å². The van der Waals surface area contributed by atoms with Crippen molar-refractivity contribution < 1.29 is 14.4 Å². The molecule has 11 nitrogen and oxygen atoms in total. The van der Waals surface area contributed by atoms with Crippen LogP contribution in [0, 0.1) is 27.7 Å². The zero-order valence-electron chi connectivity index (χ0n) is 30.6. The monoisotopic (exact) mass is 772 g/mol.